The molecule has 1 atom stereocenters. The van der Waals surface area contributed by atoms with Crippen LogP contribution in [0.4, 0.5) is 0 Å². The summed E-state index contributed by atoms with van der Waals surface area (Å²) in [5.41, 5.74) is 6.21. The lowest BCUT2D eigenvalue weighted by atomic mass is 10.0. The highest BCUT2D eigenvalue weighted by molar-refractivity contribution is 6.31. The van der Waals surface area contributed by atoms with E-state index >= 15 is 0 Å². The Balaban J connectivity index is 3.02. The van der Waals surface area contributed by atoms with Crippen LogP contribution in [-0.2, 0) is 0 Å². The topological polar surface area (TPSA) is 49.8 Å². The first kappa shape index (κ1) is 9.05. The fourth-order valence-electron chi connectivity index (χ4n) is 1.01. The summed E-state index contributed by atoms with van der Waals surface area (Å²) < 4.78 is 0. The molecule has 0 radical (unpaired) electrons. The Morgan fingerprint density at radius 3 is 2.67 bits per heavy atom. The van der Waals surface area contributed by atoms with Gasteiger partial charge in [-0.3, -0.25) is 0 Å². The van der Waals surface area contributed by atoms with Crippen LogP contribution in [0.3, 0.4) is 0 Å². The Labute approximate surface area is 76.6 Å². The second-order valence-electron chi connectivity index (χ2n) is 2.44. The van der Waals surface area contributed by atoms with Gasteiger partial charge >= 0.3 is 0 Å². The molecule has 0 aliphatic rings. The predicted molar refractivity (Wildman–Crippen MR) is 48.9 cm³/mol. The summed E-state index contributed by atoms with van der Waals surface area (Å²) in [6.45, 7) is 0.306. The Kier molecular flexibility index (Phi) is 3.09. The molecule has 0 spiro atoms. The van der Waals surface area contributed by atoms with E-state index in [2.05, 4.69) is 6.07 Å². The molecule has 0 fully saturated rings. The van der Waals surface area contributed by atoms with Crippen LogP contribution in [0.25, 0.3) is 0 Å². The molecule has 2 nitrogen and oxygen atoms in total. The van der Waals surface area contributed by atoms with Crippen molar-refractivity contribution < 1.29 is 0 Å². The zero-order chi connectivity index (χ0) is 8.97. The molecule has 0 heterocycles. The molecule has 1 rings (SSSR count). The molecule has 1 aromatic carbocycles. The first-order valence-electron chi connectivity index (χ1n) is 3.63. The van der Waals surface area contributed by atoms with Gasteiger partial charge in [-0.2, -0.15) is 5.26 Å². The number of rotatable bonds is 2. The fraction of sp³-hybridized carbons (Fsp3) is 0.222. The highest BCUT2D eigenvalue weighted by Gasteiger charge is 2.10. The van der Waals surface area contributed by atoms with E-state index in [1.807, 2.05) is 18.2 Å². The van der Waals surface area contributed by atoms with Crippen molar-refractivity contribution in [1.29, 1.82) is 5.26 Å². The molecule has 0 aliphatic heterocycles. The lowest BCUT2D eigenvalue weighted by Crippen LogP contribution is -2.10. The lowest BCUT2D eigenvalue weighted by molar-refractivity contribution is 0.862. The summed E-state index contributed by atoms with van der Waals surface area (Å²) in [5, 5.41) is 9.32. The van der Waals surface area contributed by atoms with Gasteiger partial charge in [-0.15, -0.1) is 0 Å². The van der Waals surface area contributed by atoms with E-state index in [1.54, 1.807) is 6.07 Å². The second-order valence-corrected chi connectivity index (χ2v) is 2.85. The molecule has 0 aromatic heterocycles. The first-order valence-corrected chi connectivity index (χ1v) is 4.01. The highest BCUT2D eigenvalue weighted by atomic mass is 35.5. The van der Waals surface area contributed by atoms with E-state index in [-0.39, 0.29) is 5.92 Å². The van der Waals surface area contributed by atoms with Crippen molar-refractivity contribution >= 4 is 11.6 Å². The molecule has 0 amide bonds. The van der Waals surface area contributed by atoms with E-state index in [4.69, 9.17) is 22.6 Å². The van der Waals surface area contributed by atoms with Crippen LogP contribution in [0.1, 0.15) is 11.5 Å². The average molecular weight is 181 g/mol. The van der Waals surface area contributed by atoms with Crippen molar-refractivity contribution in [2.75, 3.05) is 6.54 Å². The highest BCUT2D eigenvalue weighted by Crippen LogP contribution is 2.22. The van der Waals surface area contributed by atoms with Crippen LogP contribution in [0, 0.1) is 11.3 Å². The van der Waals surface area contributed by atoms with Gasteiger partial charge in [-0.05, 0) is 11.6 Å². The predicted octanol–water partition coefficient (Wildman–Crippen LogP) is 1.91. The minimum absolute atomic E-state index is 0.293. The quantitative estimate of drug-likeness (QED) is 0.756. The van der Waals surface area contributed by atoms with E-state index in [1.165, 1.54) is 0 Å². The van der Waals surface area contributed by atoms with Gasteiger partial charge in [-0.25, -0.2) is 0 Å². The standard InChI is InChI=1S/C9H9ClN2/c10-9-4-2-1-3-8(9)7(5-11)6-12/h1-4,7H,5,11H2. The van der Waals surface area contributed by atoms with Gasteiger partial charge < -0.3 is 5.73 Å². The van der Waals surface area contributed by atoms with E-state index < -0.39 is 0 Å². The number of halogens is 1. The normalized spacial score (nSPS) is 12.1. The third-order valence-electron chi connectivity index (χ3n) is 1.67. The molecular formula is C9H9ClN2. The van der Waals surface area contributed by atoms with Crippen LogP contribution >= 0.6 is 11.6 Å². The van der Waals surface area contributed by atoms with Crippen LogP contribution in [0.15, 0.2) is 24.3 Å². The van der Waals surface area contributed by atoms with Gasteiger partial charge in [0.15, 0.2) is 0 Å². The average Bonchev–Trinajstić information content (AvgIpc) is 2.10. The smallest absolute Gasteiger partial charge is 0.0849 e. The summed E-state index contributed by atoms with van der Waals surface area (Å²) in [7, 11) is 0. The van der Waals surface area contributed by atoms with Crippen molar-refractivity contribution in [3.05, 3.63) is 34.9 Å². The summed E-state index contributed by atoms with van der Waals surface area (Å²) in [4.78, 5) is 0. The molecule has 0 saturated carbocycles. The molecule has 0 saturated heterocycles. The van der Waals surface area contributed by atoms with Gasteiger partial charge in [0.05, 0.1) is 12.0 Å². The molecule has 0 aliphatic carbocycles. The maximum Gasteiger partial charge on any atom is 0.0849 e. The number of benzene rings is 1. The van der Waals surface area contributed by atoms with Crippen LogP contribution in [0.5, 0.6) is 0 Å². The third-order valence-corrected chi connectivity index (χ3v) is 2.02. The SMILES string of the molecule is N#CC(CN)c1ccccc1Cl. The lowest BCUT2D eigenvalue weighted by Gasteiger charge is -2.07. The third kappa shape index (κ3) is 1.76. The summed E-state index contributed by atoms with van der Waals surface area (Å²) in [6, 6.07) is 9.36. The minimum atomic E-state index is -0.293. The number of hydrogen-bond donors (Lipinski definition) is 1. The van der Waals surface area contributed by atoms with Crippen molar-refractivity contribution in [2.24, 2.45) is 5.73 Å². The minimum Gasteiger partial charge on any atom is -0.329 e. The molecular weight excluding hydrogens is 172 g/mol. The number of nitrogens with zero attached hydrogens (tertiary/aromatic N) is 1. The number of hydrogen-bond acceptors (Lipinski definition) is 2. The maximum absolute atomic E-state index is 8.72. The number of nitrogens with two attached hydrogens (primary N) is 1. The molecule has 0 bridgehead atoms. The zero-order valence-electron chi connectivity index (χ0n) is 6.50. The molecule has 3 heteroatoms. The molecule has 62 valence electrons. The van der Waals surface area contributed by atoms with Gasteiger partial charge in [-0.1, -0.05) is 29.8 Å². The summed E-state index contributed by atoms with van der Waals surface area (Å²) in [6.07, 6.45) is 0. The summed E-state index contributed by atoms with van der Waals surface area (Å²) >= 11 is 5.87. The number of nitriles is 1. The van der Waals surface area contributed by atoms with E-state index in [0.29, 0.717) is 11.6 Å². The Morgan fingerprint density at radius 1 is 1.50 bits per heavy atom. The van der Waals surface area contributed by atoms with Crippen LogP contribution in [0.2, 0.25) is 5.02 Å². The van der Waals surface area contributed by atoms with Crippen molar-refractivity contribution in [3.63, 3.8) is 0 Å². The van der Waals surface area contributed by atoms with Gasteiger partial charge in [0.25, 0.3) is 0 Å². The molecule has 2 N–H and O–H groups in total. The first-order chi connectivity index (χ1) is 5.79. The van der Waals surface area contributed by atoms with Crippen molar-refractivity contribution in [3.8, 4) is 6.07 Å². The van der Waals surface area contributed by atoms with Crippen molar-refractivity contribution in [2.45, 2.75) is 5.92 Å². The van der Waals surface area contributed by atoms with Crippen LogP contribution < -0.4 is 5.73 Å². The van der Waals surface area contributed by atoms with E-state index in [9.17, 15) is 0 Å². The molecule has 12 heavy (non-hydrogen) atoms. The van der Waals surface area contributed by atoms with Crippen LogP contribution in [-0.4, -0.2) is 6.54 Å². The zero-order valence-corrected chi connectivity index (χ0v) is 7.25. The maximum atomic E-state index is 8.72. The second kappa shape index (κ2) is 4.10. The largest absolute Gasteiger partial charge is 0.329 e. The van der Waals surface area contributed by atoms with Gasteiger partial charge in [0, 0.05) is 11.6 Å². The summed E-state index contributed by atoms with van der Waals surface area (Å²) in [5.74, 6) is -0.293. The van der Waals surface area contributed by atoms with Gasteiger partial charge in [0.2, 0.25) is 0 Å². The van der Waals surface area contributed by atoms with Crippen molar-refractivity contribution in [1.82, 2.24) is 0 Å². The monoisotopic (exact) mass is 180 g/mol. The molecule has 1 aromatic rings. The fourth-order valence-corrected chi connectivity index (χ4v) is 1.27. The van der Waals surface area contributed by atoms with Gasteiger partial charge in [0.1, 0.15) is 0 Å². The molecule has 1 unspecified atom stereocenters. The Bertz CT molecular complexity index is 304. The van der Waals surface area contributed by atoms with E-state index in [0.717, 1.165) is 5.56 Å². The Hall–Kier alpha value is -1.04. The Morgan fingerprint density at radius 2 is 2.17 bits per heavy atom.